The van der Waals surface area contributed by atoms with Crippen molar-refractivity contribution >= 4 is 29.7 Å². The van der Waals surface area contributed by atoms with Crippen molar-refractivity contribution in [2.75, 3.05) is 58.9 Å². The molecule has 2 aliphatic heterocycles. The van der Waals surface area contributed by atoms with E-state index < -0.39 is 29.2 Å². The minimum Gasteiger partial charge on any atom is -0.459 e. The number of esters is 3. The highest BCUT2D eigenvalue weighted by atomic mass is 16.6. The summed E-state index contributed by atoms with van der Waals surface area (Å²) in [6, 6.07) is 6.04. The van der Waals surface area contributed by atoms with Crippen molar-refractivity contribution in [2.45, 2.75) is 78.6 Å². The van der Waals surface area contributed by atoms with E-state index in [1.807, 2.05) is 35.5 Å². The van der Waals surface area contributed by atoms with Gasteiger partial charge in [0, 0.05) is 45.8 Å². The summed E-state index contributed by atoms with van der Waals surface area (Å²) in [4.78, 5) is 72.0. The Hall–Kier alpha value is -3.61. The number of benzene rings is 1. The van der Waals surface area contributed by atoms with Crippen LogP contribution in [0, 0.1) is 0 Å². The number of allylic oxidation sites excluding steroid dienone is 1. The molecule has 2 amide bonds. The molecular weight excluding hydrogens is 592 g/mol. The molecule has 1 unspecified atom stereocenters. The van der Waals surface area contributed by atoms with Gasteiger partial charge in [-0.1, -0.05) is 18.7 Å². The molecule has 12 heteroatoms. The maximum Gasteiger partial charge on any atom is 0.325 e. The van der Waals surface area contributed by atoms with Crippen LogP contribution in [0.1, 0.15) is 82.0 Å². The fourth-order valence-electron chi connectivity index (χ4n) is 5.46. The molecule has 1 saturated heterocycles. The molecule has 0 spiro atoms. The van der Waals surface area contributed by atoms with E-state index >= 15 is 0 Å². The van der Waals surface area contributed by atoms with Crippen molar-refractivity contribution in [2.24, 2.45) is 0 Å². The van der Waals surface area contributed by atoms with E-state index in [1.165, 1.54) is 4.90 Å². The standard InChI is InChI=1S/C34H50N4O8/c1-24(2)44-28(39)22-35-16-17-36(23-29(40)45-33(3,4)5)19-21-37(20-18-35)27(32(43)46-34(6,7)8)14-11-15-38-30(41)25-12-9-10-13-26(25)31(38)42/h9-10,12-13,27H,1,11,14-23H2,2-8H3. The first-order valence-electron chi connectivity index (χ1n) is 15.9. The maximum absolute atomic E-state index is 13.7. The lowest BCUT2D eigenvalue weighted by Gasteiger charge is -2.34. The second-order valence-electron chi connectivity index (χ2n) is 13.8. The fraction of sp³-hybridized carbons (Fsp3) is 0.618. The van der Waals surface area contributed by atoms with E-state index in [9.17, 15) is 24.0 Å². The van der Waals surface area contributed by atoms with Crippen molar-refractivity contribution in [1.82, 2.24) is 19.6 Å². The van der Waals surface area contributed by atoms with Crippen LogP contribution in [-0.4, -0.2) is 125 Å². The van der Waals surface area contributed by atoms with E-state index in [-0.39, 0.29) is 37.4 Å². The molecule has 46 heavy (non-hydrogen) atoms. The average molecular weight is 643 g/mol. The lowest BCUT2D eigenvalue weighted by molar-refractivity contribution is -0.162. The summed E-state index contributed by atoms with van der Waals surface area (Å²) in [6.07, 6.45) is 0.703. The molecule has 254 valence electrons. The molecule has 0 bridgehead atoms. The smallest absolute Gasteiger partial charge is 0.325 e. The Morgan fingerprint density at radius 1 is 0.783 bits per heavy atom. The third kappa shape index (κ3) is 11.3. The summed E-state index contributed by atoms with van der Waals surface area (Å²) >= 11 is 0. The summed E-state index contributed by atoms with van der Waals surface area (Å²) in [5.74, 6) is -1.61. The second-order valence-corrected chi connectivity index (χ2v) is 13.8. The molecule has 0 radical (unpaired) electrons. The highest BCUT2D eigenvalue weighted by Crippen LogP contribution is 2.24. The van der Waals surface area contributed by atoms with E-state index in [1.54, 1.807) is 52.0 Å². The van der Waals surface area contributed by atoms with Crippen LogP contribution >= 0.6 is 0 Å². The van der Waals surface area contributed by atoms with Gasteiger partial charge in [-0.25, -0.2) is 0 Å². The van der Waals surface area contributed by atoms with Gasteiger partial charge in [-0.2, -0.15) is 0 Å². The molecule has 0 aliphatic carbocycles. The van der Waals surface area contributed by atoms with Gasteiger partial charge in [0.15, 0.2) is 0 Å². The van der Waals surface area contributed by atoms with Crippen LogP contribution in [0.25, 0.3) is 0 Å². The Bertz CT molecular complexity index is 1260. The summed E-state index contributed by atoms with van der Waals surface area (Å²) in [6.45, 7) is 19.1. The van der Waals surface area contributed by atoms with E-state index in [4.69, 9.17) is 14.2 Å². The topological polar surface area (TPSA) is 126 Å². The molecule has 1 aromatic rings. The van der Waals surface area contributed by atoms with Crippen molar-refractivity contribution in [3.63, 3.8) is 0 Å². The lowest BCUT2D eigenvalue weighted by atomic mass is 10.1. The Balaban J connectivity index is 1.80. The normalized spacial score (nSPS) is 17.8. The Morgan fingerprint density at radius 2 is 1.26 bits per heavy atom. The van der Waals surface area contributed by atoms with Gasteiger partial charge in [0.05, 0.1) is 30.0 Å². The van der Waals surface area contributed by atoms with E-state index in [0.717, 1.165) is 0 Å². The number of nitrogens with zero attached hydrogens (tertiary/aromatic N) is 4. The molecule has 2 heterocycles. The third-order valence-corrected chi connectivity index (χ3v) is 7.41. The number of hydrogen-bond acceptors (Lipinski definition) is 11. The van der Waals surface area contributed by atoms with Crippen LogP contribution < -0.4 is 0 Å². The Morgan fingerprint density at radius 3 is 1.74 bits per heavy atom. The minimum atomic E-state index is -0.738. The number of carbonyl (C=O) groups is 5. The Labute approximate surface area is 272 Å². The van der Waals surface area contributed by atoms with Gasteiger partial charge < -0.3 is 14.2 Å². The second kappa shape index (κ2) is 15.8. The maximum atomic E-state index is 13.7. The third-order valence-electron chi connectivity index (χ3n) is 7.41. The van der Waals surface area contributed by atoms with Crippen LogP contribution in [0.4, 0.5) is 0 Å². The molecule has 3 rings (SSSR count). The monoisotopic (exact) mass is 642 g/mol. The lowest BCUT2D eigenvalue weighted by Crippen LogP contribution is -2.49. The highest BCUT2D eigenvalue weighted by Gasteiger charge is 2.36. The van der Waals surface area contributed by atoms with Crippen molar-refractivity contribution in [3.8, 4) is 0 Å². The number of imide groups is 1. The first-order chi connectivity index (χ1) is 21.4. The molecule has 0 N–H and O–H groups in total. The number of ether oxygens (including phenoxy) is 3. The number of amides is 2. The fourth-order valence-corrected chi connectivity index (χ4v) is 5.46. The largest absolute Gasteiger partial charge is 0.459 e. The van der Waals surface area contributed by atoms with E-state index in [2.05, 4.69) is 6.58 Å². The molecule has 1 atom stereocenters. The summed E-state index contributed by atoms with van der Waals surface area (Å²) in [5, 5.41) is 0. The minimum absolute atomic E-state index is 0.0117. The van der Waals surface area contributed by atoms with Crippen molar-refractivity contribution in [1.29, 1.82) is 0 Å². The number of fused-ring (bicyclic) bond motifs is 1. The summed E-state index contributed by atoms with van der Waals surface area (Å²) < 4.78 is 16.6. The number of hydrogen-bond donors (Lipinski definition) is 0. The summed E-state index contributed by atoms with van der Waals surface area (Å²) in [5.41, 5.74) is -0.612. The average Bonchev–Trinajstić information content (AvgIpc) is 3.20. The van der Waals surface area contributed by atoms with Gasteiger partial charge >= 0.3 is 17.9 Å². The van der Waals surface area contributed by atoms with Gasteiger partial charge in [0.1, 0.15) is 17.2 Å². The van der Waals surface area contributed by atoms with Crippen LogP contribution in [0.5, 0.6) is 0 Å². The van der Waals surface area contributed by atoms with Crippen LogP contribution in [0.3, 0.4) is 0 Å². The van der Waals surface area contributed by atoms with E-state index in [0.29, 0.717) is 69.0 Å². The molecule has 1 aromatic carbocycles. The molecule has 0 aromatic heterocycles. The van der Waals surface area contributed by atoms with Crippen LogP contribution in [0.15, 0.2) is 36.6 Å². The van der Waals surface area contributed by atoms with Gasteiger partial charge in [0.2, 0.25) is 0 Å². The number of rotatable bonds is 11. The molecular formula is C34H50N4O8. The molecule has 0 saturated carbocycles. The molecule has 12 nitrogen and oxygen atoms in total. The van der Waals surface area contributed by atoms with Crippen molar-refractivity contribution < 1.29 is 38.2 Å². The predicted molar refractivity (Wildman–Crippen MR) is 172 cm³/mol. The molecule has 2 aliphatic rings. The van der Waals surface area contributed by atoms with Gasteiger partial charge in [-0.05, 0) is 73.4 Å². The zero-order valence-electron chi connectivity index (χ0n) is 28.4. The SMILES string of the molecule is C=C(C)OC(=O)CN1CCN(CC(=O)OC(C)(C)C)CCN(C(CCCN2C(=O)c3ccccc3C2=O)C(=O)OC(C)(C)C)CC1. The van der Waals surface area contributed by atoms with Gasteiger partial charge in [0.25, 0.3) is 11.8 Å². The van der Waals surface area contributed by atoms with Gasteiger partial charge in [-0.15, -0.1) is 0 Å². The first-order valence-corrected chi connectivity index (χ1v) is 15.9. The quantitative estimate of drug-likeness (QED) is 0.153. The van der Waals surface area contributed by atoms with Crippen LogP contribution in [-0.2, 0) is 28.6 Å². The highest BCUT2D eigenvalue weighted by molar-refractivity contribution is 6.21. The number of carbonyl (C=O) groups excluding carboxylic acids is 5. The van der Waals surface area contributed by atoms with Gasteiger partial charge in [-0.3, -0.25) is 43.6 Å². The summed E-state index contributed by atoms with van der Waals surface area (Å²) in [7, 11) is 0. The first kappa shape index (κ1) is 36.9. The van der Waals surface area contributed by atoms with Crippen LogP contribution in [0.2, 0.25) is 0 Å². The predicted octanol–water partition coefficient (Wildman–Crippen LogP) is 3.11. The Kier molecular flexibility index (Phi) is 12.7. The van der Waals surface area contributed by atoms with Crippen molar-refractivity contribution in [3.05, 3.63) is 47.7 Å². The zero-order valence-corrected chi connectivity index (χ0v) is 28.4. The molecule has 1 fully saturated rings. The zero-order chi connectivity index (χ0) is 34.2.